The number of imide groups is 1. The van der Waals surface area contributed by atoms with Gasteiger partial charge in [0.15, 0.2) is 0 Å². The van der Waals surface area contributed by atoms with Crippen LogP contribution in [0.3, 0.4) is 0 Å². The summed E-state index contributed by atoms with van der Waals surface area (Å²) in [6.07, 6.45) is 0.692. The van der Waals surface area contributed by atoms with Crippen LogP contribution in [0.5, 0.6) is 0 Å². The standard InChI is InChI=1S/C27H27N2O4PS.BrH/c28-23(27(32)33)19-35-24-18-25(30)29(26(24)31)16-17-34(20-10-4-1-5-11-20,21-12-6-2-7-13-21)22-14-8-3-9-15-22;/h1-15,23-24H,16-19,28H2;1H/t23-,24?;/m0./s1. The molecule has 2 amide bonds. The Morgan fingerprint density at radius 1 is 0.917 bits per heavy atom. The van der Waals surface area contributed by atoms with Gasteiger partial charge in [0.25, 0.3) is 0 Å². The zero-order chi connectivity index (χ0) is 24.8. The first-order valence-electron chi connectivity index (χ1n) is 11.4. The lowest BCUT2D eigenvalue weighted by atomic mass is 10.3. The molecule has 0 spiro atoms. The number of hydrogen-bond acceptors (Lipinski definition) is 5. The van der Waals surface area contributed by atoms with Gasteiger partial charge in [-0.1, -0.05) is 54.6 Å². The van der Waals surface area contributed by atoms with Gasteiger partial charge in [-0.3, -0.25) is 19.3 Å². The summed E-state index contributed by atoms with van der Waals surface area (Å²) in [7, 11) is -2.17. The molecule has 3 aromatic carbocycles. The molecule has 0 bridgehead atoms. The molecule has 36 heavy (non-hydrogen) atoms. The van der Waals surface area contributed by atoms with Crippen molar-refractivity contribution in [2.45, 2.75) is 17.7 Å². The van der Waals surface area contributed by atoms with Crippen LogP contribution in [-0.4, -0.2) is 57.5 Å². The molecule has 2 atom stereocenters. The van der Waals surface area contributed by atoms with E-state index in [1.54, 1.807) is 0 Å². The summed E-state index contributed by atoms with van der Waals surface area (Å²) < 4.78 is 0. The Morgan fingerprint density at radius 3 is 1.78 bits per heavy atom. The molecule has 1 saturated heterocycles. The molecule has 1 unspecified atom stereocenters. The van der Waals surface area contributed by atoms with Crippen LogP contribution in [0, 0.1) is 0 Å². The quantitative estimate of drug-likeness (QED) is 0.240. The highest BCUT2D eigenvalue weighted by molar-refractivity contribution is 8.00. The number of aliphatic carboxylic acids is 1. The molecule has 3 aromatic rings. The van der Waals surface area contributed by atoms with Crippen molar-refractivity contribution >= 4 is 52.7 Å². The maximum Gasteiger partial charge on any atom is 0.321 e. The lowest BCUT2D eigenvalue weighted by molar-refractivity contribution is -0.139. The lowest BCUT2D eigenvalue weighted by Gasteiger charge is -2.29. The Balaban J connectivity index is 0.00000361. The minimum atomic E-state index is -2.17. The van der Waals surface area contributed by atoms with Crippen LogP contribution in [0.1, 0.15) is 6.42 Å². The van der Waals surface area contributed by atoms with Crippen molar-refractivity contribution in [3.63, 3.8) is 0 Å². The fourth-order valence-electron chi connectivity index (χ4n) is 4.44. The number of halogens is 1. The van der Waals surface area contributed by atoms with E-state index in [9.17, 15) is 14.4 Å². The third kappa shape index (κ3) is 5.89. The van der Waals surface area contributed by atoms with E-state index in [0.717, 1.165) is 11.8 Å². The smallest absolute Gasteiger partial charge is 0.321 e. The van der Waals surface area contributed by atoms with E-state index in [4.69, 9.17) is 10.8 Å². The van der Waals surface area contributed by atoms with Gasteiger partial charge in [-0.2, -0.15) is 0 Å². The minimum Gasteiger partial charge on any atom is -1.00 e. The normalized spacial score (nSPS) is 16.5. The van der Waals surface area contributed by atoms with E-state index >= 15 is 0 Å². The van der Waals surface area contributed by atoms with Crippen LogP contribution in [0.4, 0.5) is 0 Å². The average molecular weight is 587 g/mol. The van der Waals surface area contributed by atoms with Gasteiger partial charge in [0.2, 0.25) is 11.8 Å². The highest BCUT2D eigenvalue weighted by atomic mass is 79.9. The Labute approximate surface area is 226 Å². The number of amides is 2. The minimum absolute atomic E-state index is 0. The first kappa shape index (κ1) is 28.1. The number of thioether (sulfide) groups is 1. The highest BCUT2D eigenvalue weighted by Gasteiger charge is 2.47. The van der Waals surface area contributed by atoms with Crippen LogP contribution in [0.2, 0.25) is 0 Å². The molecular formula is C27H28BrN2O4PS. The molecule has 1 aliphatic heterocycles. The molecule has 0 aromatic heterocycles. The number of hydrogen-bond donors (Lipinski definition) is 2. The lowest BCUT2D eigenvalue weighted by Crippen LogP contribution is -3.00. The third-order valence-corrected chi connectivity index (χ3v) is 12.0. The van der Waals surface area contributed by atoms with Crippen LogP contribution >= 0.6 is 19.0 Å². The number of rotatable bonds is 10. The number of nitrogens with zero attached hydrogens (tertiary/aromatic N) is 1. The van der Waals surface area contributed by atoms with Crippen LogP contribution < -0.4 is 38.6 Å². The molecule has 4 rings (SSSR count). The van der Waals surface area contributed by atoms with Gasteiger partial charge in [0.05, 0.1) is 18.0 Å². The average Bonchev–Trinajstić information content (AvgIpc) is 3.17. The first-order chi connectivity index (χ1) is 16.9. The Hall–Kier alpha value is -2.51. The Bertz CT molecular complexity index is 1090. The van der Waals surface area contributed by atoms with Gasteiger partial charge >= 0.3 is 5.97 Å². The fraction of sp³-hybridized carbons (Fsp3) is 0.222. The second-order valence-corrected chi connectivity index (χ2v) is 13.2. The predicted molar refractivity (Wildman–Crippen MR) is 143 cm³/mol. The van der Waals surface area contributed by atoms with Gasteiger partial charge in [-0.25, -0.2) is 0 Å². The van der Waals surface area contributed by atoms with Crippen molar-refractivity contribution in [3.05, 3.63) is 91.0 Å². The monoisotopic (exact) mass is 586 g/mol. The number of likely N-dealkylation sites (tertiary alicyclic amines) is 1. The van der Waals surface area contributed by atoms with Crippen molar-refractivity contribution < 1.29 is 36.5 Å². The summed E-state index contributed by atoms with van der Waals surface area (Å²) in [5.41, 5.74) is 5.59. The topological polar surface area (TPSA) is 101 Å². The van der Waals surface area contributed by atoms with Crippen LogP contribution in [0.15, 0.2) is 91.0 Å². The van der Waals surface area contributed by atoms with E-state index in [1.807, 2.05) is 54.6 Å². The Morgan fingerprint density at radius 2 is 1.36 bits per heavy atom. The van der Waals surface area contributed by atoms with Gasteiger partial charge in [-0.15, -0.1) is 11.8 Å². The van der Waals surface area contributed by atoms with Gasteiger partial charge in [-0.05, 0) is 36.4 Å². The van der Waals surface area contributed by atoms with Crippen LogP contribution in [-0.2, 0) is 14.4 Å². The number of carbonyl (C=O) groups is 3. The number of nitrogens with two attached hydrogens (primary N) is 1. The van der Waals surface area contributed by atoms with Gasteiger partial charge in [0, 0.05) is 12.2 Å². The zero-order valence-corrected chi connectivity index (χ0v) is 22.9. The van der Waals surface area contributed by atoms with Crippen molar-refractivity contribution in [2.75, 3.05) is 18.5 Å². The molecule has 188 valence electrons. The number of carboxylic acids is 1. The summed E-state index contributed by atoms with van der Waals surface area (Å²) in [6.45, 7) is 0.298. The predicted octanol–water partition coefficient (Wildman–Crippen LogP) is -0.743. The van der Waals surface area contributed by atoms with Crippen LogP contribution in [0.25, 0.3) is 0 Å². The van der Waals surface area contributed by atoms with Gasteiger partial charge in [0.1, 0.15) is 29.2 Å². The first-order valence-corrected chi connectivity index (χ1v) is 14.4. The third-order valence-electron chi connectivity index (χ3n) is 6.25. The molecule has 6 nitrogen and oxygen atoms in total. The maximum atomic E-state index is 13.1. The van der Waals surface area contributed by atoms with Crippen molar-refractivity contribution in [3.8, 4) is 0 Å². The molecule has 0 aliphatic carbocycles. The summed E-state index contributed by atoms with van der Waals surface area (Å²) in [6, 6.07) is 29.9. The fourth-order valence-corrected chi connectivity index (χ4v) is 9.77. The number of carbonyl (C=O) groups excluding carboxylic acids is 2. The van der Waals surface area contributed by atoms with Crippen molar-refractivity contribution in [2.24, 2.45) is 5.73 Å². The van der Waals surface area contributed by atoms with Gasteiger partial charge < -0.3 is 27.8 Å². The highest BCUT2D eigenvalue weighted by Crippen LogP contribution is 2.55. The van der Waals surface area contributed by atoms with E-state index in [2.05, 4.69) is 36.4 Å². The SMILES string of the molecule is N[C@@H](CSC1CC(=O)N(CC[P+](c2ccccc2)(c2ccccc2)c2ccccc2)C1=O)C(=O)O.[Br-]. The molecule has 9 heteroatoms. The molecular weight excluding hydrogens is 559 g/mol. The summed E-state index contributed by atoms with van der Waals surface area (Å²) in [5, 5.41) is 12.0. The Kier molecular flexibility index (Phi) is 9.85. The number of benzene rings is 3. The van der Waals surface area contributed by atoms with E-state index in [-0.39, 0.29) is 41.0 Å². The molecule has 0 radical (unpaired) electrons. The zero-order valence-electron chi connectivity index (χ0n) is 19.6. The summed E-state index contributed by atoms with van der Waals surface area (Å²) in [5.74, 6) is -1.51. The molecule has 1 fully saturated rings. The molecule has 0 saturated carbocycles. The number of carboxylic acid groups (broad SMARTS) is 1. The van der Waals surface area contributed by atoms with E-state index in [1.165, 1.54) is 20.8 Å². The van der Waals surface area contributed by atoms with Crippen molar-refractivity contribution in [1.82, 2.24) is 4.90 Å². The van der Waals surface area contributed by atoms with Crippen molar-refractivity contribution in [1.29, 1.82) is 0 Å². The molecule has 3 N–H and O–H groups in total. The summed E-state index contributed by atoms with van der Waals surface area (Å²) >= 11 is 1.15. The van der Waals surface area contributed by atoms with E-state index < -0.39 is 24.5 Å². The summed E-state index contributed by atoms with van der Waals surface area (Å²) in [4.78, 5) is 38.4. The molecule has 1 aliphatic rings. The second-order valence-electron chi connectivity index (χ2n) is 8.39. The maximum absolute atomic E-state index is 13.1. The van der Waals surface area contributed by atoms with E-state index in [0.29, 0.717) is 12.7 Å². The second kappa shape index (κ2) is 12.6. The molecule has 1 heterocycles. The largest absolute Gasteiger partial charge is 1.00 e.